The van der Waals surface area contributed by atoms with Crippen LogP contribution in [0.4, 0.5) is 19.2 Å². The lowest BCUT2D eigenvalue weighted by Gasteiger charge is -2.43. The number of nitrogens with zero attached hydrogens (tertiary/aromatic N) is 7. The number of hydrogen-bond acceptors (Lipinski definition) is 6. The van der Waals surface area contributed by atoms with Crippen LogP contribution in [0.15, 0.2) is 0 Å². The van der Waals surface area contributed by atoms with Crippen molar-refractivity contribution >= 4 is 30.0 Å². The second kappa shape index (κ2) is 10.4. The summed E-state index contributed by atoms with van der Waals surface area (Å²) in [6.45, 7) is 1.21. The topological polar surface area (TPSA) is 138 Å². The minimum atomic E-state index is -0.567. The zero-order chi connectivity index (χ0) is 25.8. The summed E-state index contributed by atoms with van der Waals surface area (Å²) in [5.74, 6) is -0.327. The first-order valence-electron chi connectivity index (χ1n) is 10.8. The summed E-state index contributed by atoms with van der Waals surface area (Å²) in [7, 11) is 9.81. The van der Waals surface area contributed by atoms with E-state index < -0.39 is 18.1 Å². The number of fused-ring (bicyclic) bond motifs is 2. The van der Waals surface area contributed by atoms with Gasteiger partial charge in [0.25, 0.3) is 0 Å². The molecule has 0 aliphatic carbocycles. The van der Waals surface area contributed by atoms with Crippen LogP contribution in [0, 0.1) is 0 Å². The average molecular weight is 487 g/mol. The van der Waals surface area contributed by atoms with Gasteiger partial charge in [0.15, 0.2) is 6.67 Å². The molecule has 0 aromatic rings. The molecule has 0 radical (unpaired) electrons. The largest absolute Gasteiger partial charge is 0.426 e. The molecule has 0 saturated carbocycles. The molecule has 2 aliphatic heterocycles. The van der Waals surface area contributed by atoms with Crippen LogP contribution in [0.25, 0.3) is 0 Å². The fourth-order valence-corrected chi connectivity index (χ4v) is 4.17. The van der Waals surface area contributed by atoms with E-state index in [4.69, 9.17) is 0 Å². The number of carbonyl (C=O) groups is 5. The zero-order valence-electron chi connectivity index (χ0n) is 21.1. The third-order valence-corrected chi connectivity index (χ3v) is 5.77. The third kappa shape index (κ3) is 6.24. The molecule has 0 aromatic carbocycles. The predicted molar refractivity (Wildman–Crippen MR) is 121 cm³/mol. The second-order valence-corrected chi connectivity index (χ2v) is 9.61. The highest BCUT2D eigenvalue weighted by atomic mass is 16.2. The molecule has 2 saturated heterocycles. The Bertz CT molecular complexity index is 836. The van der Waals surface area contributed by atoms with Crippen LogP contribution in [-0.2, 0) is 4.79 Å². The van der Waals surface area contributed by atoms with Gasteiger partial charge in [0.05, 0.1) is 41.1 Å². The summed E-state index contributed by atoms with van der Waals surface area (Å²) in [5.41, 5.74) is 0. The molecule has 2 heterocycles. The molecule has 15 heteroatoms. The Kier molecular flexibility index (Phi) is 8.28. The maximum Gasteiger partial charge on any atom is 0.426 e. The first-order valence-corrected chi connectivity index (χ1v) is 10.8. The number of amides is 9. The van der Waals surface area contributed by atoms with E-state index in [1.54, 1.807) is 42.3 Å². The Morgan fingerprint density at radius 1 is 0.824 bits per heavy atom. The highest BCUT2D eigenvalue weighted by molar-refractivity contribution is 5.78. The Labute approximate surface area is 199 Å². The number of rotatable bonds is 0. The molecule has 2 bridgehead atoms. The van der Waals surface area contributed by atoms with Crippen LogP contribution in [-0.4, -0.2) is 152 Å². The molecule has 2 fully saturated rings. The SMILES string of the molecule is CC(=O)N1CNC(=O)NCN2C[N+](C)(C[N+](C)(C)C(=O)N(C)CNCN(C)C2=O)C(=O)N(C)C1. The number of carbonyl (C=O) groups excluding carboxylic acids is 5. The van der Waals surface area contributed by atoms with Crippen molar-refractivity contribution < 1.29 is 32.9 Å². The van der Waals surface area contributed by atoms with Gasteiger partial charge in [0.1, 0.15) is 13.3 Å². The molecular formula is C19H38N10O5+2. The van der Waals surface area contributed by atoms with E-state index in [1.165, 1.54) is 31.4 Å². The molecule has 0 spiro atoms. The summed E-state index contributed by atoms with van der Waals surface area (Å²) in [6, 6.07) is -1.59. The Hall–Kier alpha value is -3.17. The fourth-order valence-electron chi connectivity index (χ4n) is 4.17. The summed E-state index contributed by atoms with van der Waals surface area (Å²) >= 11 is 0. The van der Waals surface area contributed by atoms with Gasteiger partial charge in [-0.15, -0.1) is 0 Å². The van der Waals surface area contributed by atoms with E-state index in [1.807, 2.05) is 0 Å². The summed E-state index contributed by atoms with van der Waals surface area (Å²) < 4.78 is -0.526. The Morgan fingerprint density at radius 3 is 2.03 bits per heavy atom. The van der Waals surface area contributed by atoms with E-state index in [9.17, 15) is 24.0 Å². The molecule has 2 aliphatic rings. The highest BCUT2D eigenvalue weighted by Crippen LogP contribution is 2.18. The highest BCUT2D eigenvalue weighted by Gasteiger charge is 2.47. The van der Waals surface area contributed by atoms with Gasteiger partial charge in [0.2, 0.25) is 12.6 Å². The lowest BCUT2D eigenvalue weighted by atomic mass is 10.4. The van der Waals surface area contributed by atoms with E-state index in [0.717, 1.165) is 0 Å². The lowest BCUT2D eigenvalue weighted by molar-refractivity contribution is -1.01. The molecular weight excluding hydrogens is 448 g/mol. The van der Waals surface area contributed by atoms with Crippen LogP contribution < -0.4 is 16.0 Å². The summed E-state index contributed by atoms with van der Waals surface area (Å²) in [5, 5.41) is 8.23. The zero-order valence-corrected chi connectivity index (χ0v) is 21.1. The smallest absolute Gasteiger partial charge is 0.320 e. The number of quaternary nitrogens is 2. The van der Waals surface area contributed by atoms with Crippen molar-refractivity contribution in [2.24, 2.45) is 0 Å². The lowest BCUT2D eigenvalue weighted by Crippen LogP contribution is -2.71. The van der Waals surface area contributed by atoms with Crippen molar-refractivity contribution in [3.05, 3.63) is 0 Å². The van der Waals surface area contributed by atoms with Crippen LogP contribution in [0.5, 0.6) is 0 Å². The quantitative estimate of drug-likeness (QED) is 0.354. The monoisotopic (exact) mass is 486 g/mol. The van der Waals surface area contributed by atoms with Crippen molar-refractivity contribution in [3.8, 4) is 0 Å². The third-order valence-electron chi connectivity index (χ3n) is 5.77. The first-order chi connectivity index (χ1) is 15.7. The van der Waals surface area contributed by atoms with Crippen molar-refractivity contribution in [3.63, 3.8) is 0 Å². The van der Waals surface area contributed by atoms with E-state index in [-0.39, 0.29) is 67.6 Å². The minimum absolute atomic E-state index is 0.0199. The normalized spacial score (nSPS) is 26.0. The molecule has 1 atom stereocenters. The van der Waals surface area contributed by atoms with Gasteiger partial charge in [-0.25, -0.2) is 19.2 Å². The Morgan fingerprint density at radius 2 is 1.41 bits per heavy atom. The second-order valence-electron chi connectivity index (χ2n) is 9.61. The molecule has 3 N–H and O–H groups in total. The van der Waals surface area contributed by atoms with Gasteiger partial charge < -0.3 is 20.4 Å². The van der Waals surface area contributed by atoms with Crippen molar-refractivity contribution in [2.45, 2.75) is 6.92 Å². The molecule has 1 unspecified atom stereocenters. The van der Waals surface area contributed by atoms with Gasteiger partial charge in [-0.2, -0.15) is 8.97 Å². The minimum Gasteiger partial charge on any atom is -0.320 e. The predicted octanol–water partition coefficient (Wildman–Crippen LogP) is -1.57. The molecule has 2 rings (SSSR count). The van der Waals surface area contributed by atoms with Crippen LogP contribution in [0.3, 0.4) is 0 Å². The van der Waals surface area contributed by atoms with Crippen molar-refractivity contribution in [1.29, 1.82) is 0 Å². The molecule has 15 nitrogen and oxygen atoms in total. The van der Waals surface area contributed by atoms with E-state index in [0.29, 0.717) is 0 Å². The molecule has 34 heavy (non-hydrogen) atoms. The maximum atomic E-state index is 13.8. The molecule has 0 aromatic heterocycles. The maximum absolute atomic E-state index is 13.8. The first kappa shape index (κ1) is 27.1. The van der Waals surface area contributed by atoms with Gasteiger partial charge in [-0.1, -0.05) is 0 Å². The Balaban J connectivity index is 2.56. The summed E-state index contributed by atoms with van der Waals surface area (Å²) in [4.78, 5) is 71.5. The summed E-state index contributed by atoms with van der Waals surface area (Å²) in [6.07, 6.45) is 0. The molecule has 9 amide bonds. The van der Waals surface area contributed by atoms with Crippen LogP contribution in [0.2, 0.25) is 0 Å². The van der Waals surface area contributed by atoms with Crippen molar-refractivity contribution in [2.75, 3.05) is 89.0 Å². The van der Waals surface area contributed by atoms with E-state index in [2.05, 4.69) is 16.0 Å². The molecule has 192 valence electrons. The van der Waals surface area contributed by atoms with Crippen LogP contribution in [0.1, 0.15) is 6.92 Å². The number of hydrogen-bond donors (Lipinski definition) is 3. The standard InChI is InChI=1S/C19H37N10O5/c1-15(30)26-10-21-16(31)22-11-27-13-29(7,19(34)25(4)12-26)14-28(5,6)18(33)24(3)9-20-8-23(2)17(27)32/h20H,8-14H2,1-7H3,(H-,21,22,31)/q+1/p+1. The average Bonchev–Trinajstić information content (AvgIpc) is 2.75. The number of nitrogens with one attached hydrogen (secondary N) is 3. The fraction of sp³-hybridized carbons (Fsp3) is 0.737. The van der Waals surface area contributed by atoms with Gasteiger partial charge in [-0.3, -0.25) is 24.8 Å². The van der Waals surface area contributed by atoms with Gasteiger partial charge in [-0.05, 0) is 0 Å². The van der Waals surface area contributed by atoms with Gasteiger partial charge >= 0.3 is 24.1 Å². The number of urea groups is 4. The van der Waals surface area contributed by atoms with Crippen LogP contribution >= 0.6 is 0 Å². The van der Waals surface area contributed by atoms with E-state index >= 15 is 0 Å². The van der Waals surface area contributed by atoms with Crippen molar-refractivity contribution in [1.82, 2.24) is 40.4 Å². The van der Waals surface area contributed by atoms with Gasteiger partial charge in [0, 0.05) is 28.1 Å².